The lowest BCUT2D eigenvalue weighted by atomic mass is 10.0. The van der Waals surface area contributed by atoms with Gasteiger partial charge in [-0.05, 0) is 44.0 Å². The number of fused-ring (bicyclic) bond motifs is 1. The van der Waals surface area contributed by atoms with E-state index in [1.807, 2.05) is 25.1 Å². The van der Waals surface area contributed by atoms with E-state index in [9.17, 15) is 4.79 Å². The van der Waals surface area contributed by atoms with Crippen LogP contribution in [0, 0.1) is 0 Å². The van der Waals surface area contributed by atoms with Crippen LogP contribution in [0.5, 0.6) is 0 Å². The summed E-state index contributed by atoms with van der Waals surface area (Å²) in [4.78, 5) is 12.3. The largest absolute Gasteiger partial charge is 0.383 e. The number of ether oxygens (including phenoxy) is 1. The lowest BCUT2D eigenvalue weighted by molar-refractivity contribution is 0.0945. The summed E-state index contributed by atoms with van der Waals surface area (Å²) in [5.74, 6) is 0.137. The van der Waals surface area contributed by atoms with Gasteiger partial charge in [0.1, 0.15) is 0 Å². The number of methoxy groups -OCH3 is 1. The van der Waals surface area contributed by atoms with Gasteiger partial charge >= 0.3 is 0 Å². The Morgan fingerprint density at radius 2 is 2.37 bits per heavy atom. The number of benzene rings is 1. The molecule has 0 bridgehead atoms. The molecule has 2 N–H and O–H groups in total. The third-order valence-corrected chi connectivity index (χ3v) is 3.47. The highest BCUT2D eigenvalue weighted by molar-refractivity contribution is 6.00. The van der Waals surface area contributed by atoms with E-state index in [0.29, 0.717) is 19.2 Å². The van der Waals surface area contributed by atoms with E-state index >= 15 is 0 Å². The van der Waals surface area contributed by atoms with Crippen molar-refractivity contribution in [3.8, 4) is 0 Å². The first-order valence-electron chi connectivity index (χ1n) is 6.78. The van der Waals surface area contributed by atoms with Gasteiger partial charge in [0.2, 0.25) is 0 Å². The summed E-state index contributed by atoms with van der Waals surface area (Å²) in [7, 11) is 1.66. The average Bonchev–Trinajstić information content (AvgIpc) is 2.77. The van der Waals surface area contributed by atoms with E-state index in [1.54, 1.807) is 7.11 Å². The zero-order chi connectivity index (χ0) is 13.8. The first-order chi connectivity index (χ1) is 9.11. The van der Waals surface area contributed by atoms with Crippen molar-refractivity contribution in [3.05, 3.63) is 29.3 Å². The average molecular weight is 262 g/mol. The molecule has 2 atom stereocenters. The Hall–Kier alpha value is -1.39. The highest BCUT2D eigenvalue weighted by Gasteiger charge is 2.20. The summed E-state index contributed by atoms with van der Waals surface area (Å²) < 4.78 is 4.97. The Bertz CT molecular complexity index is 459. The van der Waals surface area contributed by atoms with Crippen molar-refractivity contribution in [2.24, 2.45) is 0 Å². The smallest absolute Gasteiger partial charge is 0.179 e. The fraction of sp³-hybridized carbons (Fsp3) is 0.533. The number of carbonyl (C=O) groups is 1. The lowest BCUT2D eigenvalue weighted by Crippen LogP contribution is -2.36. The van der Waals surface area contributed by atoms with Crippen LogP contribution >= 0.6 is 0 Å². The maximum Gasteiger partial charge on any atom is 0.179 e. The van der Waals surface area contributed by atoms with Crippen LogP contribution in [-0.2, 0) is 11.2 Å². The fourth-order valence-electron chi connectivity index (χ4n) is 2.42. The van der Waals surface area contributed by atoms with Gasteiger partial charge in [-0.15, -0.1) is 0 Å². The lowest BCUT2D eigenvalue weighted by Gasteiger charge is -2.13. The number of hydrogen-bond acceptors (Lipinski definition) is 4. The van der Waals surface area contributed by atoms with Gasteiger partial charge < -0.3 is 15.4 Å². The van der Waals surface area contributed by atoms with Crippen LogP contribution in [0.3, 0.4) is 0 Å². The first-order valence-corrected chi connectivity index (χ1v) is 6.78. The molecular weight excluding hydrogens is 240 g/mol. The molecule has 1 aliphatic heterocycles. The standard InChI is InChI=1S/C15H22N2O2/c1-10-8-13-9-12(4-5-14(13)17-10)15(18)11(2)16-6-7-19-3/h4-5,9-11,16-17H,6-8H2,1-3H3. The molecule has 1 aromatic rings. The fourth-order valence-corrected chi connectivity index (χ4v) is 2.42. The van der Waals surface area contributed by atoms with Crippen LogP contribution in [0.4, 0.5) is 5.69 Å². The molecule has 104 valence electrons. The van der Waals surface area contributed by atoms with Crippen molar-refractivity contribution < 1.29 is 9.53 Å². The second kappa shape index (κ2) is 6.17. The highest BCUT2D eigenvalue weighted by atomic mass is 16.5. The minimum atomic E-state index is -0.181. The Morgan fingerprint density at radius 3 is 3.11 bits per heavy atom. The van der Waals surface area contributed by atoms with Crippen molar-refractivity contribution in [1.82, 2.24) is 5.32 Å². The number of Topliss-reactive ketones (excluding diaryl/α,β-unsaturated/α-hetero) is 1. The Balaban J connectivity index is 2.02. The molecule has 19 heavy (non-hydrogen) atoms. The molecule has 1 aliphatic rings. The number of carbonyl (C=O) groups excluding carboxylic acids is 1. The third-order valence-electron chi connectivity index (χ3n) is 3.47. The molecule has 2 rings (SSSR count). The van der Waals surface area contributed by atoms with Crippen molar-refractivity contribution >= 4 is 11.5 Å². The van der Waals surface area contributed by atoms with E-state index in [-0.39, 0.29) is 11.8 Å². The van der Waals surface area contributed by atoms with Gasteiger partial charge in [0.05, 0.1) is 12.6 Å². The van der Waals surface area contributed by atoms with E-state index in [4.69, 9.17) is 4.74 Å². The summed E-state index contributed by atoms with van der Waals surface area (Å²) in [6.07, 6.45) is 0.988. The number of ketones is 1. The predicted molar refractivity (Wildman–Crippen MR) is 76.9 cm³/mol. The molecule has 0 saturated carbocycles. The second-order valence-corrected chi connectivity index (χ2v) is 5.15. The Morgan fingerprint density at radius 1 is 1.58 bits per heavy atom. The highest BCUT2D eigenvalue weighted by Crippen LogP contribution is 2.26. The minimum Gasteiger partial charge on any atom is -0.383 e. The van der Waals surface area contributed by atoms with Crippen molar-refractivity contribution in [1.29, 1.82) is 0 Å². The van der Waals surface area contributed by atoms with Gasteiger partial charge in [-0.2, -0.15) is 0 Å². The van der Waals surface area contributed by atoms with Gasteiger partial charge in [-0.25, -0.2) is 0 Å². The minimum absolute atomic E-state index is 0.137. The molecular formula is C15H22N2O2. The predicted octanol–water partition coefficient (Wildman–Crippen LogP) is 1.85. The number of nitrogens with one attached hydrogen (secondary N) is 2. The summed E-state index contributed by atoms with van der Waals surface area (Å²) in [5, 5.41) is 6.56. The summed E-state index contributed by atoms with van der Waals surface area (Å²) in [5.41, 5.74) is 3.18. The van der Waals surface area contributed by atoms with Gasteiger partial charge in [-0.3, -0.25) is 4.79 Å². The van der Waals surface area contributed by atoms with E-state index in [2.05, 4.69) is 17.6 Å². The van der Waals surface area contributed by atoms with Gasteiger partial charge in [-0.1, -0.05) is 0 Å². The normalized spacial score (nSPS) is 18.8. The van der Waals surface area contributed by atoms with E-state index in [0.717, 1.165) is 17.7 Å². The molecule has 0 spiro atoms. The van der Waals surface area contributed by atoms with Gasteiger partial charge in [0.15, 0.2) is 5.78 Å². The van der Waals surface area contributed by atoms with Crippen LogP contribution < -0.4 is 10.6 Å². The topological polar surface area (TPSA) is 50.4 Å². The second-order valence-electron chi connectivity index (χ2n) is 5.15. The zero-order valence-corrected chi connectivity index (χ0v) is 11.8. The molecule has 2 unspecified atom stereocenters. The van der Waals surface area contributed by atoms with E-state index < -0.39 is 0 Å². The van der Waals surface area contributed by atoms with Crippen LogP contribution in [-0.4, -0.2) is 38.1 Å². The van der Waals surface area contributed by atoms with Crippen molar-refractivity contribution in [2.45, 2.75) is 32.4 Å². The van der Waals surface area contributed by atoms with Crippen molar-refractivity contribution in [2.75, 3.05) is 25.6 Å². The Labute approximate surface area is 114 Å². The number of rotatable bonds is 6. The zero-order valence-electron chi connectivity index (χ0n) is 11.8. The summed E-state index contributed by atoms with van der Waals surface area (Å²) in [6, 6.07) is 6.20. The molecule has 0 aliphatic carbocycles. The molecule has 4 nitrogen and oxygen atoms in total. The molecule has 0 aromatic heterocycles. The summed E-state index contributed by atoms with van der Waals surface area (Å²) >= 11 is 0. The quantitative estimate of drug-likeness (QED) is 0.607. The van der Waals surface area contributed by atoms with Crippen molar-refractivity contribution in [3.63, 3.8) is 0 Å². The van der Waals surface area contributed by atoms with Crippen LogP contribution in [0.1, 0.15) is 29.8 Å². The SMILES string of the molecule is COCCNC(C)C(=O)c1ccc2c(c1)CC(C)N2. The van der Waals surface area contributed by atoms with Crippen LogP contribution in [0.25, 0.3) is 0 Å². The maximum atomic E-state index is 12.3. The molecule has 0 saturated heterocycles. The molecule has 0 fully saturated rings. The molecule has 1 aromatic carbocycles. The molecule has 0 amide bonds. The molecule has 0 radical (unpaired) electrons. The summed E-state index contributed by atoms with van der Waals surface area (Å²) in [6.45, 7) is 5.35. The van der Waals surface area contributed by atoms with Crippen LogP contribution in [0.2, 0.25) is 0 Å². The monoisotopic (exact) mass is 262 g/mol. The first kappa shape index (κ1) is 14.0. The third kappa shape index (κ3) is 3.33. The Kier molecular flexibility index (Phi) is 4.56. The van der Waals surface area contributed by atoms with Crippen LogP contribution in [0.15, 0.2) is 18.2 Å². The molecule has 1 heterocycles. The van der Waals surface area contributed by atoms with E-state index in [1.165, 1.54) is 5.56 Å². The molecule has 4 heteroatoms. The maximum absolute atomic E-state index is 12.3. The van der Waals surface area contributed by atoms with Gasteiger partial charge in [0, 0.05) is 30.9 Å². The van der Waals surface area contributed by atoms with Gasteiger partial charge in [0.25, 0.3) is 0 Å². The number of hydrogen-bond donors (Lipinski definition) is 2. The number of anilines is 1.